The van der Waals surface area contributed by atoms with Crippen LogP contribution < -0.4 is 11.1 Å². The van der Waals surface area contributed by atoms with Gasteiger partial charge in [0.05, 0.1) is 6.04 Å². The van der Waals surface area contributed by atoms with E-state index in [1.54, 1.807) is 13.1 Å². The molecule has 1 heterocycles. The molecule has 1 saturated heterocycles. The Morgan fingerprint density at radius 2 is 2.39 bits per heavy atom. The highest BCUT2D eigenvalue weighted by atomic mass is 19.1. The summed E-state index contributed by atoms with van der Waals surface area (Å²) in [6.07, 6.45) is 1.82. The van der Waals surface area contributed by atoms with Crippen molar-refractivity contribution in [3.8, 4) is 0 Å². The molecule has 1 aliphatic rings. The molecule has 1 aromatic rings. The number of nitrogen functional groups attached to an aromatic ring is 1. The maximum atomic E-state index is 13.2. The first-order valence-electron chi connectivity index (χ1n) is 6.11. The second kappa shape index (κ2) is 5.35. The van der Waals surface area contributed by atoms with E-state index in [-0.39, 0.29) is 17.8 Å². The van der Waals surface area contributed by atoms with Crippen LogP contribution >= 0.6 is 0 Å². The van der Waals surface area contributed by atoms with Crippen LogP contribution in [0.25, 0.3) is 0 Å². The molecular formula is C13H18FN3O. The van der Waals surface area contributed by atoms with Gasteiger partial charge in [-0.05, 0) is 43.1 Å². The van der Waals surface area contributed by atoms with Crippen molar-refractivity contribution in [1.82, 2.24) is 10.2 Å². The number of carbonyl (C=O) groups excluding carboxylic acids is 1. The number of nitrogens with zero attached hydrogens (tertiary/aromatic N) is 1. The van der Waals surface area contributed by atoms with Crippen molar-refractivity contribution in [1.29, 1.82) is 0 Å². The zero-order valence-corrected chi connectivity index (χ0v) is 10.4. The molecule has 0 aromatic heterocycles. The van der Waals surface area contributed by atoms with Crippen LogP contribution in [-0.4, -0.2) is 30.4 Å². The van der Waals surface area contributed by atoms with Crippen LogP contribution in [0.3, 0.4) is 0 Å². The molecule has 18 heavy (non-hydrogen) atoms. The van der Waals surface area contributed by atoms with E-state index in [1.165, 1.54) is 12.1 Å². The lowest BCUT2D eigenvalue weighted by atomic mass is 10.1. The summed E-state index contributed by atoms with van der Waals surface area (Å²) in [4.78, 5) is 13.8. The topological polar surface area (TPSA) is 58.4 Å². The number of hydrogen-bond acceptors (Lipinski definition) is 3. The van der Waals surface area contributed by atoms with Crippen molar-refractivity contribution in [3.63, 3.8) is 0 Å². The SMILES string of the molecule is CNC(=O)C1CCCN1Cc1cc(F)ccc1N. The average Bonchev–Trinajstić information content (AvgIpc) is 2.81. The Balaban J connectivity index is 2.13. The lowest BCUT2D eigenvalue weighted by Crippen LogP contribution is -2.41. The molecule has 1 fully saturated rings. The summed E-state index contributed by atoms with van der Waals surface area (Å²) < 4.78 is 13.2. The fourth-order valence-corrected chi connectivity index (χ4v) is 2.41. The first-order valence-corrected chi connectivity index (χ1v) is 6.11. The number of nitrogens with two attached hydrogens (primary N) is 1. The molecule has 5 heteroatoms. The second-order valence-corrected chi connectivity index (χ2v) is 4.59. The van der Waals surface area contributed by atoms with Gasteiger partial charge in [-0.3, -0.25) is 9.69 Å². The number of rotatable bonds is 3. The van der Waals surface area contributed by atoms with E-state index in [4.69, 9.17) is 5.73 Å². The zero-order valence-electron chi connectivity index (χ0n) is 10.4. The van der Waals surface area contributed by atoms with Gasteiger partial charge in [0.15, 0.2) is 0 Å². The molecule has 0 saturated carbocycles. The van der Waals surface area contributed by atoms with E-state index in [0.29, 0.717) is 12.2 Å². The van der Waals surface area contributed by atoms with Crippen LogP contribution in [0.2, 0.25) is 0 Å². The molecule has 1 aliphatic heterocycles. The minimum Gasteiger partial charge on any atom is -0.398 e. The largest absolute Gasteiger partial charge is 0.398 e. The Labute approximate surface area is 106 Å². The minimum atomic E-state index is -0.296. The third-order valence-corrected chi connectivity index (χ3v) is 3.39. The Kier molecular flexibility index (Phi) is 3.81. The van der Waals surface area contributed by atoms with E-state index in [0.717, 1.165) is 24.9 Å². The quantitative estimate of drug-likeness (QED) is 0.791. The van der Waals surface area contributed by atoms with Crippen molar-refractivity contribution in [2.45, 2.75) is 25.4 Å². The van der Waals surface area contributed by atoms with Crippen LogP contribution in [0.15, 0.2) is 18.2 Å². The minimum absolute atomic E-state index is 0.0162. The van der Waals surface area contributed by atoms with Gasteiger partial charge < -0.3 is 11.1 Å². The molecule has 98 valence electrons. The number of amides is 1. The molecule has 0 radical (unpaired) electrons. The van der Waals surface area contributed by atoms with Gasteiger partial charge in [-0.1, -0.05) is 0 Å². The summed E-state index contributed by atoms with van der Waals surface area (Å²) in [5.74, 6) is -0.280. The standard InChI is InChI=1S/C13H18FN3O/c1-16-13(18)12-3-2-6-17(12)8-9-7-10(14)4-5-11(9)15/h4-5,7,12H,2-3,6,8,15H2,1H3,(H,16,18). The van der Waals surface area contributed by atoms with Gasteiger partial charge in [-0.25, -0.2) is 4.39 Å². The highest BCUT2D eigenvalue weighted by Gasteiger charge is 2.30. The second-order valence-electron chi connectivity index (χ2n) is 4.59. The average molecular weight is 251 g/mol. The van der Waals surface area contributed by atoms with E-state index >= 15 is 0 Å². The molecule has 0 spiro atoms. The zero-order chi connectivity index (χ0) is 13.1. The molecule has 3 N–H and O–H groups in total. The number of carbonyl (C=O) groups is 1. The van der Waals surface area contributed by atoms with E-state index < -0.39 is 0 Å². The van der Waals surface area contributed by atoms with Crippen molar-refractivity contribution in [3.05, 3.63) is 29.6 Å². The molecule has 1 amide bonds. The van der Waals surface area contributed by atoms with Gasteiger partial charge in [0.2, 0.25) is 5.91 Å². The molecule has 0 aliphatic carbocycles. The van der Waals surface area contributed by atoms with Gasteiger partial charge in [0.25, 0.3) is 0 Å². The normalized spacial score (nSPS) is 20.0. The summed E-state index contributed by atoms with van der Waals surface area (Å²) in [6.45, 7) is 1.36. The lowest BCUT2D eigenvalue weighted by molar-refractivity contribution is -0.125. The van der Waals surface area contributed by atoms with Crippen LogP contribution in [0.5, 0.6) is 0 Å². The number of halogens is 1. The molecule has 0 bridgehead atoms. The number of likely N-dealkylation sites (N-methyl/N-ethyl adjacent to an activating group) is 1. The Hall–Kier alpha value is -1.62. The predicted octanol–water partition coefficient (Wildman–Crippen LogP) is 1.12. The van der Waals surface area contributed by atoms with Crippen molar-refractivity contribution < 1.29 is 9.18 Å². The number of likely N-dealkylation sites (tertiary alicyclic amines) is 1. The molecule has 1 atom stereocenters. The molecule has 2 rings (SSSR count). The lowest BCUT2D eigenvalue weighted by Gasteiger charge is -2.23. The van der Waals surface area contributed by atoms with Gasteiger partial charge >= 0.3 is 0 Å². The number of benzene rings is 1. The Morgan fingerprint density at radius 1 is 1.61 bits per heavy atom. The fourth-order valence-electron chi connectivity index (χ4n) is 2.41. The summed E-state index contributed by atoms with van der Waals surface area (Å²) in [5.41, 5.74) is 7.14. The van der Waals surface area contributed by atoms with Gasteiger partial charge in [-0.2, -0.15) is 0 Å². The van der Waals surface area contributed by atoms with Gasteiger partial charge in [-0.15, -0.1) is 0 Å². The Morgan fingerprint density at radius 3 is 3.11 bits per heavy atom. The van der Waals surface area contributed by atoms with Crippen molar-refractivity contribution in [2.75, 3.05) is 19.3 Å². The van der Waals surface area contributed by atoms with Crippen molar-refractivity contribution in [2.24, 2.45) is 0 Å². The number of anilines is 1. The predicted molar refractivity (Wildman–Crippen MR) is 68.3 cm³/mol. The van der Waals surface area contributed by atoms with Crippen LogP contribution in [0.1, 0.15) is 18.4 Å². The summed E-state index contributed by atoms with van der Waals surface area (Å²) in [6, 6.07) is 4.22. The highest BCUT2D eigenvalue weighted by molar-refractivity contribution is 5.81. The first-order chi connectivity index (χ1) is 8.61. The van der Waals surface area contributed by atoms with Gasteiger partial charge in [0.1, 0.15) is 5.82 Å². The van der Waals surface area contributed by atoms with E-state index in [1.807, 2.05) is 4.90 Å². The molecule has 4 nitrogen and oxygen atoms in total. The summed E-state index contributed by atoms with van der Waals surface area (Å²) in [7, 11) is 1.63. The highest BCUT2D eigenvalue weighted by Crippen LogP contribution is 2.23. The van der Waals surface area contributed by atoms with Gasteiger partial charge in [0, 0.05) is 19.3 Å². The fraction of sp³-hybridized carbons (Fsp3) is 0.462. The molecular weight excluding hydrogens is 233 g/mol. The van der Waals surface area contributed by atoms with E-state index in [2.05, 4.69) is 5.32 Å². The summed E-state index contributed by atoms with van der Waals surface area (Å²) >= 11 is 0. The first kappa shape index (κ1) is 12.8. The maximum absolute atomic E-state index is 13.2. The van der Waals surface area contributed by atoms with Crippen LogP contribution in [-0.2, 0) is 11.3 Å². The monoisotopic (exact) mass is 251 g/mol. The molecule has 1 aromatic carbocycles. The number of nitrogens with one attached hydrogen (secondary N) is 1. The Bertz CT molecular complexity index is 450. The number of hydrogen-bond donors (Lipinski definition) is 2. The third-order valence-electron chi connectivity index (χ3n) is 3.39. The summed E-state index contributed by atoms with van der Waals surface area (Å²) in [5, 5.41) is 2.66. The van der Waals surface area contributed by atoms with Crippen LogP contribution in [0, 0.1) is 5.82 Å². The molecule has 1 unspecified atom stereocenters. The third kappa shape index (κ3) is 2.61. The van der Waals surface area contributed by atoms with Crippen molar-refractivity contribution >= 4 is 11.6 Å². The smallest absolute Gasteiger partial charge is 0.237 e. The van der Waals surface area contributed by atoms with E-state index in [9.17, 15) is 9.18 Å². The maximum Gasteiger partial charge on any atom is 0.237 e. The van der Waals surface area contributed by atoms with Crippen LogP contribution in [0.4, 0.5) is 10.1 Å².